The van der Waals surface area contributed by atoms with E-state index in [1.807, 2.05) is 0 Å². The average molecular weight is 482 g/mol. The molecule has 11 nitrogen and oxygen atoms in total. The predicted octanol–water partition coefficient (Wildman–Crippen LogP) is -1.28. The first-order valence-electron chi connectivity index (χ1n) is 11.7. The SMILES string of the molecule is NCCCC[C@H](NC(=O)c1ccc(O[C@@H]2O[C@H](CO)[C@H](O)[C@H](O)[C@H]2O)cc1)C(=O)N1CCCC1. The number of aliphatic hydroxyl groups is 4. The molecule has 2 heterocycles. The predicted molar refractivity (Wildman–Crippen MR) is 121 cm³/mol. The largest absolute Gasteiger partial charge is 0.462 e. The summed E-state index contributed by atoms with van der Waals surface area (Å²) in [5.41, 5.74) is 5.89. The van der Waals surface area contributed by atoms with Gasteiger partial charge >= 0.3 is 0 Å². The second-order valence-corrected chi connectivity index (χ2v) is 8.68. The molecular weight excluding hydrogens is 446 g/mol. The Morgan fingerprint density at radius 1 is 1.09 bits per heavy atom. The summed E-state index contributed by atoms with van der Waals surface area (Å²) in [6.45, 7) is 1.36. The Kier molecular flexibility index (Phi) is 9.63. The number of nitrogens with one attached hydrogen (secondary N) is 1. The van der Waals surface area contributed by atoms with E-state index in [4.69, 9.17) is 15.2 Å². The second-order valence-electron chi connectivity index (χ2n) is 8.68. The zero-order chi connectivity index (χ0) is 24.7. The number of ether oxygens (including phenoxy) is 2. The standard InChI is InChI=1S/C23H35N3O8/c24-10-2-1-5-16(22(32)26-11-3-4-12-26)25-21(31)14-6-8-15(9-7-14)33-23-20(30)19(29)18(28)17(13-27)34-23/h6-9,16-20,23,27-30H,1-5,10-13,24H2,(H,25,31)/t16-,17+,18-,19-,20+,23+/m0/s1. The molecule has 7 N–H and O–H groups in total. The van der Waals surface area contributed by atoms with Crippen LogP contribution in [0.4, 0.5) is 0 Å². The molecule has 1 aromatic rings. The van der Waals surface area contributed by atoms with Crippen LogP contribution in [0.5, 0.6) is 5.75 Å². The molecule has 2 fully saturated rings. The van der Waals surface area contributed by atoms with E-state index >= 15 is 0 Å². The van der Waals surface area contributed by atoms with Gasteiger partial charge in [0.15, 0.2) is 0 Å². The highest BCUT2D eigenvalue weighted by Gasteiger charge is 2.44. The van der Waals surface area contributed by atoms with Gasteiger partial charge in [-0.1, -0.05) is 0 Å². The van der Waals surface area contributed by atoms with Gasteiger partial charge in [0.25, 0.3) is 5.91 Å². The van der Waals surface area contributed by atoms with Gasteiger partial charge < -0.3 is 45.9 Å². The van der Waals surface area contributed by atoms with E-state index < -0.39 is 49.3 Å². The number of amides is 2. The third kappa shape index (κ3) is 6.44. The van der Waals surface area contributed by atoms with Crippen molar-refractivity contribution in [2.45, 2.75) is 68.9 Å². The molecule has 2 amide bonds. The third-order valence-electron chi connectivity index (χ3n) is 6.19. The third-order valence-corrected chi connectivity index (χ3v) is 6.19. The van der Waals surface area contributed by atoms with Crippen LogP contribution < -0.4 is 15.8 Å². The zero-order valence-electron chi connectivity index (χ0n) is 19.1. The number of likely N-dealkylation sites (tertiary alicyclic amines) is 1. The average Bonchev–Trinajstić information content (AvgIpc) is 3.39. The smallest absolute Gasteiger partial charge is 0.251 e. The van der Waals surface area contributed by atoms with Crippen LogP contribution in [-0.2, 0) is 9.53 Å². The van der Waals surface area contributed by atoms with E-state index in [0.29, 0.717) is 31.6 Å². The van der Waals surface area contributed by atoms with Gasteiger partial charge in [0.2, 0.25) is 12.2 Å². The van der Waals surface area contributed by atoms with Crippen molar-refractivity contribution in [1.82, 2.24) is 10.2 Å². The number of hydrogen-bond acceptors (Lipinski definition) is 9. The van der Waals surface area contributed by atoms with Crippen molar-refractivity contribution >= 4 is 11.8 Å². The van der Waals surface area contributed by atoms with Crippen LogP contribution in [0.2, 0.25) is 0 Å². The maximum Gasteiger partial charge on any atom is 0.251 e. The summed E-state index contributed by atoms with van der Waals surface area (Å²) >= 11 is 0. The Hall–Kier alpha value is -2.28. The van der Waals surface area contributed by atoms with Crippen LogP contribution in [0.25, 0.3) is 0 Å². The molecule has 0 spiro atoms. The highest BCUT2D eigenvalue weighted by molar-refractivity contribution is 5.97. The first-order chi connectivity index (χ1) is 16.3. The molecule has 6 atom stereocenters. The van der Waals surface area contributed by atoms with Crippen LogP contribution in [0, 0.1) is 0 Å². The van der Waals surface area contributed by atoms with Crippen molar-refractivity contribution in [2.24, 2.45) is 5.73 Å². The number of unbranched alkanes of at least 4 members (excludes halogenated alkanes) is 1. The van der Waals surface area contributed by atoms with Crippen molar-refractivity contribution in [1.29, 1.82) is 0 Å². The van der Waals surface area contributed by atoms with Gasteiger partial charge in [-0.3, -0.25) is 9.59 Å². The number of hydrogen-bond donors (Lipinski definition) is 6. The van der Waals surface area contributed by atoms with Gasteiger partial charge in [-0.2, -0.15) is 0 Å². The van der Waals surface area contributed by atoms with E-state index in [2.05, 4.69) is 5.32 Å². The number of rotatable bonds is 10. The molecular formula is C23H35N3O8. The minimum absolute atomic E-state index is 0.0783. The summed E-state index contributed by atoms with van der Waals surface area (Å²) in [7, 11) is 0. The molecule has 0 aromatic heterocycles. The van der Waals surface area contributed by atoms with Crippen LogP contribution >= 0.6 is 0 Å². The van der Waals surface area contributed by atoms with Gasteiger partial charge in [0.05, 0.1) is 6.61 Å². The van der Waals surface area contributed by atoms with E-state index in [1.54, 1.807) is 4.90 Å². The van der Waals surface area contributed by atoms with Crippen molar-refractivity contribution in [3.63, 3.8) is 0 Å². The Morgan fingerprint density at radius 3 is 2.38 bits per heavy atom. The number of benzene rings is 1. The Balaban J connectivity index is 1.62. The van der Waals surface area contributed by atoms with Gasteiger partial charge in [-0.15, -0.1) is 0 Å². The first-order valence-corrected chi connectivity index (χ1v) is 11.7. The van der Waals surface area contributed by atoms with E-state index in [-0.39, 0.29) is 11.7 Å². The number of aliphatic hydroxyl groups excluding tert-OH is 4. The number of nitrogens with zero attached hydrogens (tertiary/aromatic N) is 1. The molecule has 3 rings (SSSR count). The molecule has 34 heavy (non-hydrogen) atoms. The normalized spacial score (nSPS) is 27.9. The summed E-state index contributed by atoms with van der Waals surface area (Å²) in [6, 6.07) is 5.37. The minimum atomic E-state index is -1.55. The van der Waals surface area contributed by atoms with Gasteiger partial charge in [-0.25, -0.2) is 0 Å². The zero-order valence-corrected chi connectivity index (χ0v) is 19.1. The highest BCUT2D eigenvalue weighted by Crippen LogP contribution is 2.24. The van der Waals surface area contributed by atoms with Crippen molar-refractivity contribution in [2.75, 3.05) is 26.2 Å². The lowest BCUT2D eigenvalue weighted by Crippen LogP contribution is -2.60. The lowest BCUT2D eigenvalue weighted by Gasteiger charge is -2.39. The second kappa shape index (κ2) is 12.4. The lowest BCUT2D eigenvalue weighted by atomic mass is 9.99. The van der Waals surface area contributed by atoms with Crippen molar-refractivity contribution in [3.8, 4) is 5.75 Å². The summed E-state index contributed by atoms with van der Waals surface area (Å²) in [5, 5.41) is 42.0. The molecule has 0 saturated carbocycles. The van der Waals surface area contributed by atoms with E-state index in [1.165, 1.54) is 24.3 Å². The monoisotopic (exact) mass is 481 g/mol. The Bertz CT molecular complexity index is 800. The summed E-state index contributed by atoms with van der Waals surface area (Å²) < 4.78 is 10.9. The molecule has 2 aliphatic heterocycles. The first kappa shape index (κ1) is 26.3. The minimum Gasteiger partial charge on any atom is -0.462 e. The summed E-state index contributed by atoms with van der Waals surface area (Å²) in [4.78, 5) is 27.5. The Labute approximate surface area is 198 Å². The molecule has 190 valence electrons. The van der Waals surface area contributed by atoms with Gasteiger partial charge in [0.1, 0.15) is 36.2 Å². The van der Waals surface area contributed by atoms with Crippen LogP contribution in [0.15, 0.2) is 24.3 Å². The highest BCUT2D eigenvalue weighted by atomic mass is 16.7. The fourth-order valence-corrected chi connectivity index (χ4v) is 4.13. The van der Waals surface area contributed by atoms with Gasteiger partial charge in [0, 0.05) is 18.7 Å². The van der Waals surface area contributed by atoms with Gasteiger partial charge in [-0.05, 0) is 62.9 Å². The topological polar surface area (TPSA) is 175 Å². The number of nitrogens with two attached hydrogens (primary N) is 1. The molecule has 0 radical (unpaired) electrons. The van der Waals surface area contributed by atoms with Crippen LogP contribution in [-0.4, -0.2) is 100 Å². The summed E-state index contributed by atoms with van der Waals surface area (Å²) in [6.07, 6.45) is -3.04. The lowest BCUT2D eigenvalue weighted by molar-refractivity contribution is -0.277. The molecule has 0 aliphatic carbocycles. The molecule has 2 aliphatic rings. The fraction of sp³-hybridized carbons (Fsp3) is 0.652. The number of carbonyl (C=O) groups is 2. The maximum atomic E-state index is 12.9. The molecule has 11 heteroatoms. The summed E-state index contributed by atoms with van der Waals surface area (Å²) in [5.74, 6) is -0.233. The van der Waals surface area contributed by atoms with E-state index in [0.717, 1.165) is 25.7 Å². The van der Waals surface area contributed by atoms with Crippen LogP contribution in [0.3, 0.4) is 0 Å². The van der Waals surface area contributed by atoms with Crippen LogP contribution in [0.1, 0.15) is 42.5 Å². The van der Waals surface area contributed by atoms with Crippen molar-refractivity contribution < 1.29 is 39.5 Å². The van der Waals surface area contributed by atoms with E-state index in [9.17, 15) is 30.0 Å². The van der Waals surface area contributed by atoms with Crippen molar-refractivity contribution in [3.05, 3.63) is 29.8 Å². The quantitative estimate of drug-likeness (QED) is 0.222. The molecule has 0 unspecified atom stereocenters. The molecule has 2 saturated heterocycles. The fourth-order valence-electron chi connectivity index (χ4n) is 4.13. The maximum absolute atomic E-state index is 12.9. The molecule has 1 aromatic carbocycles. The molecule has 0 bridgehead atoms. The number of carbonyl (C=O) groups excluding carboxylic acids is 2. The Morgan fingerprint density at radius 2 is 1.76 bits per heavy atom.